The van der Waals surface area contributed by atoms with E-state index in [4.69, 9.17) is 4.74 Å². The van der Waals surface area contributed by atoms with Crippen molar-refractivity contribution in [2.75, 3.05) is 6.61 Å². The molecule has 10 atom stereocenters. The summed E-state index contributed by atoms with van der Waals surface area (Å²) < 4.78 is 37.5. The van der Waals surface area contributed by atoms with E-state index in [1.165, 1.54) is 19.1 Å². The first-order valence-electron chi connectivity index (χ1n) is 11.9. The van der Waals surface area contributed by atoms with E-state index in [9.17, 15) is 24.6 Å². The number of carbonyl (C=O) groups excluding carboxylic acids is 3. The number of fused-ring (bicyclic) bond motifs is 5. The Bertz CT molecular complexity index is 1030. The van der Waals surface area contributed by atoms with Crippen LogP contribution in [-0.4, -0.2) is 62.5 Å². The third kappa shape index (κ3) is 2.77. The first-order chi connectivity index (χ1) is 15.8. The molecule has 1 aliphatic heterocycles. The molecule has 9 heteroatoms. The lowest BCUT2D eigenvalue weighted by atomic mass is 9.44. The lowest BCUT2D eigenvalue weighted by Gasteiger charge is -2.63. The van der Waals surface area contributed by atoms with E-state index in [1.54, 1.807) is 13.8 Å². The Morgan fingerprint density at radius 1 is 1.24 bits per heavy atom. The van der Waals surface area contributed by atoms with E-state index >= 15 is 8.78 Å². The van der Waals surface area contributed by atoms with Gasteiger partial charge in [0.05, 0.1) is 12.7 Å². The summed E-state index contributed by atoms with van der Waals surface area (Å²) in [7, 11) is 0. The molecular weight excluding hydrogens is 466 g/mol. The molecule has 0 aromatic carbocycles. The largest absolute Gasteiger partial charge is 0.465 e. The second-order valence-corrected chi connectivity index (χ2v) is 12.3. The summed E-state index contributed by atoms with van der Waals surface area (Å²) in [5, 5.41) is 21.9. The first kappa shape index (κ1) is 24.1. The van der Waals surface area contributed by atoms with Crippen LogP contribution < -0.4 is 0 Å². The van der Waals surface area contributed by atoms with Gasteiger partial charge in [-0.1, -0.05) is 31.7 Å². The number of esters is 1. The second kappa shape index (κ2) is 7.46. The van der Waals surface area contributed by atoms with Crippen LogP contribution in [0.1, 0.15) is 46.5 Å². The second-order valence-electron chi connectivity index (χ2n) is 11.1. The van der Waals surface area contributed by atoms with Gasteiger partial charge in [0, 0.05) is 23.2 Å². The van der Waals surface area contributed by atoms with Gasteiger partial charge in [0.1, 0.15) is 17.0 Å². The van der Waals surface area contributed by atoms with Crippen LogP contribution in [0.2, 0.25) is 0 Å². The molecule has 5 aliphatic rings. The van der Waals surface area contributed by atoms with E-state index < -0.39 is 74.2 Å². The Kier molecular flexibility index (Phi) is 5.30. The average molecular weight is 497 g/mol. The highest BCUT2D eigenvalue weighted by Gasteiger charge is 2.76. The van der Waals surface area contributed by atoms with Gasteiger partial charge in [-0.05, 0) is 55.7 Å². The lowest BCUT2D eigenvalue weighted by molar-refractivity contribution is -0.221. The molecule has 0 spiro atoms. The summed E-state index contributed by atoms with van der Waals surface area (Å²) in [6.45, 7) is 5.12. The van der Waals surface area contributed by atoms with Crippen LogP contribution in [0.5, 0.6) is 0 Å². The van der Waals surface area contributed by atoms with Crippen LogP contribution >= 0.6 is 11.8 Å². The molecule has 186 valence electrons. The fourth-order valence-corrected chi connectivity index (χ4v) is 9.03. The minimum absolute atomic E-state index is 0.0362. The van der Waals surface area contributed by atoms with Crippen LogP contribution in [0.15, 0.2) is 23.8 Å². The topological polar surface area (TPSA) is 101 Å². The zero-order valence-corrected chi connectivity index (χ0v) is 20.2. The predicted molar refractivity (Wildman–Crippen MR) is 120 cm³/mol. The van der Waals surface area contributed by atoms with E-state index in [0.717, 1.165) is 17.8 Å². The van der Waals surface area contributed by atoms with Gasteiger partial charge in [0.15, 0.2) is 11.5 Å². The molecule has 34 heavy (non-hydrogen) atoms. The van der Waals surface area contributed by atoms with Crippen LogP contribution in [-0.2, 0) is 19.1 Å². The number of carbonyl (C=O) groups is 3. The number of alkyl halides is 2. The van der Waals surface area contributed by atoms with Crippen molar-refractivity contribution in [1.29, 1.82) is 0 Å². The average Bonchev–Trinajstić information content (AvgIpc) is 3.26. The summed E-state index contributed by atoms with van der Waals surface area (Å²) in [6, 6.07) is 0. The number of halogens is 2. The van der Waals surface area contributed by atoms with Crippen molar-refractivity contribution >= 4 is 28.6 Å². The summed E-state index contributed by atoms with van der Waals surface area (Å²) in [5.41, 5.74) is -6.88. The van der Waals surface area contributed by atoms with Gasteiger partial charge in [-0.25, -0.2) is 8.78 Å². The quantitative estimate of drug-likeness (QED) is 0.567. The first-order valence-corrected chi connectivity index (χ1v) is 12.7. The lowest BCUT2D eigenvalue weighted by Crippen LogP contribution is -2.70. The number of ether oxygens (including phenoxy) is 1. The third-order valence-electron chi connectivity index (χ3n) is 9.66. The number of allylic oxidation sites excluding steroid dienone is 4. The number of rotatable bonds is 2. The van der Waals surface area contributed by atoms with E-state index in [-0.39, 0.29) is 31.4 Å². The normalized spacial score (nSPS) is 51.9. The summed E-state index contributed by atoms with van der Waals surface area (Å²) in [5.74, 6) is -3.05. The monoisotopic (exact) mass is 496 g/mol. The maximum Gasteiger partial charge on any atom is 0.319 e. The molecule has 0 radical (unpaired) electrons. The number of ketones is 1. The van der Waals surface area contributed by atoms with Gasteiger partial charge in [-0.2, -0.15) is 0 Å². The molecule has 2 unspecified atom stereocenters. The third-order valence-corrected chi connectivity index (χ3v) is 10.9. The number of thioether (sulfide) groups is 1. The van der Waals surface area contributed by atoms with Crippen LogP contribution in [0.4, 0.5) is 8.78 Å². The van der Waals surface area contributed by atoms with Gasteiger partial charge in [0.2, 0.25) is 5.12 Å². The summed E-state index contributed by atoms with van der Waals surface area (Å²) in [4.78, 5) is 37.3. The highest BCUT2D eigenvalue weighted by molar-refractivity contribution is 8.14. The predicted octanol–water partition coefficient (Wildman–Crippen LogP) is 2.86. The highest BCUT2D eigenvalue weighted by Crippen LogP contribution is 2.71. The van der Waals surface area contributed by atoms with Crippen LogP contribution in [0.25, 0.3) is 0 Å². The van der Waals surface area contributed by atoms with Crippen molar-refractivity contribution in [3.05, 3.63) is 23.8 Å². The van der Waals surface area contributed by atoms with E-state index in [2.05, 4.69) is 0 Å². The van der Waals surface area contributed by atoms with Crippen molar-refractivity contribution in [3.8, 4) is 0 Å². The van der Waals surface area contributed by atoms with E-state index in [0.29, 0.717) is 6.42 Å². The molecule has 4 aliphatic carbocycles. The molecule has 1 heterocycles. The molecule has 0 aromatic heterocycles. The van der Waals surface area contributed by atoms with Gasteiger partial charge >= 0.3 is 5.97 Å². The van der Waals surface area contributed by atoms with Crippen LogP contribution in [0, 0.1) is 28.6 Å². The van der Waals surface area contributed by atoms with Crippen LogP contribution in [0.3, 0.4) is 0 Å². The molecule has 5 rings (SSSR count). The van der Waals surface area contributed by atoms with Gasteiger partial charge in [-0.3, -0.25) is 14.4 Å². The van der Waals surface area contributed by atoms with Gasteiger partial charge < -0.3 is 14.9 Å². The number of cyclic esters (lactones) is 1. The summed E-state index contributed by atoms with van der Waals surface area (Å²) >= 11 is 0.747. The molecule has 6 nitrogen and oxygen atoms in total. The molecule has 0 bridgehead atoms. The molecule has 4 fully saturated rings. The van der Waals surface area contributed by atoms with E-state index in [1.807, 2.05) is 0 Å². The molecule has 3 saturated carbocycles. The minimum Gasteiger partial charge on any atom is -0.465 e. The molecule has 2 N–H and O–H groups in total. The molecular formula is C25H30F2O6S. The van der Waals surface area contributed by atoms with Crippen molar-refractivity contribution < 1.29 is 38.1 Å². The Morgan fingerprint density at radius 2 is 1.94 bits per heavy atom. The Hall–Kier alpha value is -1.58. The number of hydrogen-bond donors (Lipinski definition) is 2. The van der Waals surface area contributed by atoms with Crippen molar-refractivity contribution in [2.45, 2.75) is 75.2 Å². The minimum atomic E-state index is -2.26. The Labute approximate surface area is 201 Å². The number of aliphatic hydroxyl groups excluding tert-OH is 1. The summed E-state index contributed by atoms with van der Waals surface area (Å²) in [6.07, 6.45) is 0.749. The Balaban J connectivity index is 1.55. The van der Waals surface area contributed by atoms with Gasteiger partial charge in [0.25, 0.3) is 0 Å². The fourth-order valence-electron chi connectivity index (χ4n) is 7.78. The van der Waals surface area contributed by atoms with Crippen molar-refractivity contribution in [3.63, 3.8) is 0 Å². The van der Waals surface area contributed by atoms with Crippen molar-refractivity contribution in [2.24, 2.45) is 28.6 Å². The zero-order valence-electron chi connectivity index (χ0n) is 19.4. The SMILES string of the molecule is C[C@@H]1CC2[C@@H]3C[C@H](F)C4=CC(=O)C=C[C@]4(C)C3(F)[C@@H](O)C[C@]2(C)[C@@]1(O)C(=O)S[C@@H]1CCOC1=O. The molecule has 1 saturated heterocycles. The molecule has 0 aromatic rings. The molecule has 0 amide bonds. The number of aliphatic hydroxyl groups is 2. The van der Waals surface area contributed by atoms with Gasteiger partial charge in [-0.15, -0.1) is 0 Å². The Morgan fingerprint density at radius 3 is 2.59 bits per heavy atom. The standard InChI is InChI=1S/C25H30F2O6S/c1-12-8-14-15-10-17(26)16-9-13(28)4-6-22(16,2)24(15,27)19(29)11-23(14,3)25(12,32)21(31)34-18-5-7-33-20(18)30/h4,6,9,12,14-15,17-19,29,32H,5,7-8,10-11H2,1-3H3/t12-,14?,15+,17+,18-,19+,22+,23+,24?,25+/m1/s1. The van der Waals surface area contributed by atoms with Crippen molar-refractivity contribution in [1.82, 2.24) is 0 Å². The maximum atomic E-state index is 17.1. The smallest absolute Gasteiger partial charge is 0.319 e. The fraction of sp³-hybridized carbons (Fsp3) is 0.720. The highest BCUT2D eigenvalue weighted by atomic mass is 32.2. The number of hydrogen-bond acceptors (Lipinski definition) is 7. The zero-order chi connectivity index (χ0) is 24.8. The maximum absolute atomic E-state index is 17.1.